The van der Waals surface area contributed by atoms with Gasteiger partial charge in [0.15, 0.2) is 0 Å². The molecule has 0 aliphatic carbocycles. The zero-order chi connectivity index (χ0) is 4.50. The van der Waals surface area contributed by atoms with Gasteiger partial charge in [-0.05, 0) is 0 Å². The molecule has 0 N–H and O–H groups in total. The molecule has 0 aromatic rings. The SMILES string of the molecule is [Cl][Ti]([Cl])([Cl])[Cl].[Zn]. The van der Waals surface area contributed by atoms with Crippen molar-refractivity contribution in [1.82, 2.24) is 0 Å². The van der Waals surface area contributed by atoms with E-state index < -0.39 is 12.3 Å². The van der Waals surface area contributed by atoms with E-state index in [9.17, 15) is 0 Å². The van der Waals surface area contributed by atoms with Crippen LogP contribution in [0.5, 0.6) is 0 Å². The molecule has 0 rings (SSSR count). The smallest absolute Gasteiger partial charge is 0 e. The van der Waals surface area contributed by atoms with Crippen LogP contribution in [0, 0.1) is 0 Å². The summed E-state index contributed by atoms with van der Waals surface area (Å²) in [6.07, 6.45) is 0. The second-order valence-electron chi connectivity index (χ2n) is 0.429. The van der Waals surface area contributed by atoms with Gasteiger partial charge in [-0.1, -0.05) is 0 Å². The van der Waals surface area contributed by atoms with Gasteiger partial charge in [-0.15, -0.1) is 0 Å². The van der Waals surface area contributed by atoms with Gasteiger partial charge in [-0.3, -0.25) is 0 Å². The molecule has 0 aromatic heterocycles. The molecule has 0 bridgehead atoms. The van der Waals surface area contributed by atoms with Crippen molar-refractivity contribution < 1.29 is 31.8 Å². The van der Waals surface area contributed by atoms with Gasteiger partial charge in [0.05, 0.1) is 0 Å². The Hall–Kier alpha value is 2.50. The third-order valence-electron chi connectivity index (χ3n) is 0. The van der Waals surface area contributed by atoms with E-state index in [0.29, 0.717) is 0 Å². The van der Waals surface area contributed by atoms with Crippen LogP contribution in [0.4, 0.5) is 0 Å². The molecule has 0 spiro atoms. The number of rotatable bonds is 0. The summed E-state index contributed by atoms with van der Waals surface area (Å²) in [5.74, 6) is 0. The number of halogens is 4. The Morgan fingerprint density at radius 1 is 0.833 bits per heavy atom. The zero-order valence-electron chi connectivity index (χ0n) is 2.72. The molecule has 0 unspecified atom stereocenters. The first kappa shape index (κ1) is 11.3. The van der Waals surface area contributed by atoms with Crippen LogP contribution in [-0.2, 0) is 31.8 Å². The quantitative estimate of drug-likeness (QED) is 0.584. The molecule has 0 aromatic carbocycles. The first-order valence-electron chi connectivity index (χ1n) is 0.756. The standard InChI is InChI=1S/4ClH.Ti.Zn/h4*1H;;/q;;;;+4;/p-4. The molecule has 0 radical (unpaired) electrons. The molecular weight excluding hydrogens is 255 g/mol. The maximum Gasteiger partial charge on any atom is 0 e. The molecule has 0 aliphatic heterocycles. The molecule has 6 heavy (non-hydrogen) atoms. The number of hydrogen-bond donors (Lipinski definition) is 0. The Bertz CT molecular complexity index is 23.0. The van der Waals surface area contributed by atoms with Crippen LogP contribution in [-0.4, -0.2) is 0 Å². The molecular formula is Cl4TiZn. The minimum absolute atomic E-state index is 0. The summed E-state index contributed by atoms with van der Waals surface area (Å²) in [6.45, 7) is 0. The Morgan fingerprint density at radius 2 is 0.833 bits per heavy atom. The van der Waals surface area contributed by atoms with Gasteiger partial charge < -0.3 is 0 Å². The zero-order valence-corrected chi connectivity index (χ0v) is 10.3. The fourth-order valence-corrected chi connectivity index (χ4v) is 0. The fourth-order valence-electron chi connectivity index (χ4n) is 0. The van der Waals surface area contributed by atoms with Crippen LogP contribution in [0.2, 0.25) is 0 Å². The van der Waals surface area contributed by atoms with E-state index in [1.54, 1.807) is 0 Å². The van der Waals surface area contributed by atoms with Crippen molar-refractivity contribution in [2.45, 2.75) is 0 Å². The van der Waals surface area contributed by atoms with Crippen LogP contribution in [0.25, 0.3) is 0 Å². The van der Waals surface area contributed by atoms with E-state index in [1.807, 2.05) is 0 Å². The fraction of sp³-hybridized carbons (Fsp3) is 0. The average Bonchev–Trinajstić information content (AvgIpc) is 0.722. The third-order valence-corrected chi connectivity index (χ3v) is 0. The molecule has 0 amide bonds. The van der Waals surface area contributed by atoms with E-state index in [1.165, 1.54) is 0 Å². The van der Waals surface area contributed by atoms with Gasteiger partial charge in [-0.25, -0.2) is 0 Å². The maximum atomic E-state index is 5.01. The molecule has 34 valence electrons. The van der Waals surface area contributed by atoms with Crippen LogP contribution in [0.1, 0.15) is 0 Å². The summed E-state index contributed by atoms with van der Waals surface area (Å²) < 4.78 is 0. The minimum atomic E-state index is -3.11. The molecule has 0 atom stereocenters. The Kier molecular flexibility index (Phi) is 8.27. The van der Waals surface area contributed by atoms with Crippen molar-refractivity contribution in [2.75, 3.05) is 0 Å². The summed E-state index contributed by atoms with van der Waals surface area (Å²) in [4.78, 5) is 0. The molecule has 0 aliphatic rings. The third kappa shape index (κ3) is 31.5. The van der Waals surface area contributed by atoms with Gasteiger partial charge in [0.2, 0.25) is 0 Å². The first-order valence-corrected chi connectivity index (χ1v) is 9.35. The van der Waals surface area contributed by atoms with Crippen LogP contribution >= 0.6 is 37.2 Å². The van der Waals surface area contributed by atoms with Crippen molar-refractivity contribution in [3.8, 4) is 0 Å². The summed E-state index contributed by atoms with van der Waals surface area (Å²) in [7, 11) is 20.1. The first-order chi connectivity index (χ1) is 2.00. The predicted molar refractivity (Wildman–Crippen MR) is 23.4 cm³/mol. The summed E-state index contributed by atoms with van der Waals surface area (Å²) >= 11 is -3.11. The second-order valence-corrected chi connectivity index (χ2v) is 15.9. The van der Waals surface area contributed by atoms with Crippen molar-refractivity contribution in [3.63, 3.8) is 0 Å². The summed E-state index contributed by atoms with van der Waals surface area (Å²) in [5, 5.41) is 0. The average molecular weight is 255 g/mol. The van der Waals surface area contributed by atoms with E-state index in [-0.39, 0.29) is 19.5 Å². The van der Waals surface area contributed by atoms with Crippen LogP contribution in [0.15, 0.2) is 0 Å². The van der Waals surface area contributed by atoms with Crippen molar-refractivity contribution in [2.24, 2.45) is 0 Å². The number of hydrogen-bond acceptors (Lipinski definition) is 0. The van der Waals surface area contributed by atoms with E-state index in [4.69, 9.17) is 37.2 Å². The van der Waals surface area contributed by atoms with Gasteiger partial charge in [0.25, 0.3) is 0 Å². The second kappa shape index (κ2) is 4.38. The molecule has 0 saturated heterocycles. The van der Waals surface area contributed by atoms with Crippen molar-refractivity contribution in [1.29, 1.82) is 0 Å². The van der Waals surface area contributed by atoms with E-state index >= 15 is 0 Å². The molecule has 0 heterocycles. The minimum Gasteiger partial charge on any atom is 0 e. The summed E-state index contributed by atoms with van der Waals surface area (Å²) in [6, 6.07) is 0. The van der Waals surface area contributed by atoms with Crippen molar-refractivity contribution >= 4 is 37.2 Å². The Balaban J connectivity index is 0. The van der Waals surface area contributed by atoms with E-state index in [2.05, 4.69) is 0 Å². The van der Waals surface area contributed by atoms with Gasteiger partial charge in [0, 0.05) is 19.5 Å². The molecule has 0 fully saturated rings. The Morgan fingerprint density at radius 3 is 0.833 bits per heavy atom. The molecule has 0 nitrogen and oxygen atoms in total. The van der Waals surface area contributed by atoms with E-state index in [0.717, 1.165) is 0 Å². The van der Waals surface area contributed by atoms with Crippen molar-refractivity contribution in [3.05, 3.63) is 0 Å². The van der Waals surface area contributed by atoms with Crippen LogP contribution < -0.4 is 0 Å². The topological polar surface area (TPSA) is 0 Å². The van der Waals surface area contributed by atoms with Gasteiger partial charge in [0.1, 0.15) is 0 Å². The Labute approximate surface area is 68.1 Å². The molecule has 6 heteroatoms. The maximum absolute atomic E-state index is 5.01. The largest absolute Gasteiger partial charge is 0 e. The van der Waals surface area contributed by atoms with Crippen LogP contribution in [0.3, 0.4) is 0 Å². The monoisotopic (exact) mass is 252 g/mol. The molecule has 0 saturated carbocycles. The van der Waals surface area contributed by atoms with Gasteiger partial charge >= 0.3 is 49.6 Å². The van der Waals surface area contributed by atoms with Gasteiger partial charge in [-0.2, -0.15) is 0 Å². The summed E-state index contributed by atoms with van der Waals surface area (Å²) in [5.41, 5.74) is 0. The predicted octanol–water partition coefficient (Wildman–Crippen LogP) is 2.75. The normalized spacial score (nSPS) is 10.0.